The van der Waals surface area contributed by atoms with Crippen LogP contribution in [0.1, 0.15) is 139 Å². The van der Waals surface area contributed by atoms with Crippen molar-refractivity contribution in [2.24, 2.45) is 0 Å². The fourth-order valence-corrected chi connectivity index (χ4v) is 8.33. The minimum atomic E-state index is -1.69. The lowest BCUT2D eigenvalue weighted by atomic mass is 9.78. The van der Waals surface area contributed by atoms with Crippen molar-refractivity contribution in [3.63, 3.8) is 0 Å². The molecule has 2 aliphatic rings. The predicted octanol–water partition coefficient (Wildman–Crippen LogP) is 9.53. The lowest BCUT2D eigenvalue weighted by molar-refractivity contribution is -0.102. The Morgan fingerprint density at radius 1 is 0.683 bits per heavy atom. The van der Waals surface area contributed by atoms with Crippen LogP contribution < -0.4 is 4.52 Å². The molecule has 2 unspecified atom stereocenters. The van der Waals surface area contributed by atoms with Crippen LogP contribution in [-0.2, 0) is 19.9 Å². The van der Waals surface area contributed by atoms with Crippen molar-refractivity contribution in [1.82, 2.24) is 9.80 Å². The van der Waals surface area contributed by atoms with E-state index in [9.17, 15) is 0 Å². The second kappa shape index (κ2) is 11.3. The summed E-state index contributed by atoms with van der Waals surface area (Å²) < 4.78 is 21.3. The first-order valence-corrected chi connectivity index (χ1v) is 16.9. The van der Waals surface area contributed by atoms with Crippen LogP contribution in [0.25, 0.3) is 0 Å². The number of hydrogen-bond donors (Lipinski definition) is 0. The van der Waals surface area contributed by atoms with Gasteiger partial charge in [-0.1, -0.05) is 59.2 Å². The Morgan fingerprint density at radius 2 is 1.02 bits per heavy atom. The van der Waals surface area contributed by atoms with E-state index < -0.39 is 8.60 Å². The van der Waals surface area contributed by atoms with Gasteiger partial charge in [0.25, 0.3) is 0 Å². The molecule has 236 valence electrons. The molecule has 1 aromatic rings. The van der Waals surface area contributed by atoms with Crippen molar-refractivity contribution in [3.8, 4) is 5.75 Å². The van der Waals surface area contributed by atoms with Gasteiger partial charge in [-0.3, -0.25) is 18.8 Å². The average molecular weight is 591 g/mol. The molecular formula is C35H63N2O3P. The van der Waals surface area contributed by atoms with Crippen molar-refractivity contribution >= 4 is 8.60 Å². The van der Waals surface area contributed by atoms with Crippen LogP contribution in [0, 0.1) is 6.92 Å². The molecule has 3 rings (SSSR count). The summed E-state index contributed by atoms with van der Waals surface area (Å²) >= 11 is 0. The van der Waals surface area contributed by atoms with Crippen LogP contribution in [0.4, 0.5) is 0 Å². The molecule has 2 aliphatic heterocycles. The Labute approximate surface area is 255 Å². The van der Waals surface area contributed by atoms with E-state index in [2.05, 4.69) is 140 Å². The maximum atomic E-state index is 7.13. The maximum absolute atomic E-state index is 7.13. The van der Waals surface area contributed by atoms with Crippen molar-refractivity contribution in [2.45, 2.75) is 175 Å². The zero-order chi connectivity index (χ0) is 31.6. The molecule has 6 heteroatoms. The van der Waals surface area contributed by atoms with E-state index in [1.807, 2.05) is 0 Å². The molecular weight excluding hydrogens is 527 g/mol. The Kier molecular flexibility index (Phi) is 9.61. The molecule has 5 nitrogen and oxygen atoms in total. The standard InChI is InChI=1S/C35H63N2O3P/c1-24-22-25(30(2,3)4)29(26(23-24)31(5,6)7)40-41(38-27-18-20-32(8,9)36(16)34(27,12)13)39-28-19-21-33(10,11)37(17)35(28,14)15/h22-23,27-28H,18-21H2,1-17H3. The normalized spacial score (nSPS) is 27.4. The topological polar surface area (TPSA) is 34.2 Å². The van der Waals surface area contributed by atoms with Crippen LogP contribution in [0.3, 0.4) is 0 Å². The van der Waals surface area contributed by atoms with Gasteiger partial charge in [0, 0.05) is 33.3 Å². The minimum absolute atomic E-state index is 0.00543. The first-order chi connectivity index (χ1) is 18.3. The van der Waals surface area contributed by atoms with Crippen LogP contribution >= 0.6 is 8.60 Å². The molecule has 0 radical (unpaired) electrons. The molecule has 0 N–H and O–H groups in total. The van der Waals surface area contributed by atoms with Gasteiger partial charge in [0.15, 0.2) is 0 Å². The summed E-state index contributed by atoms with van der Waals surface area (Å²) in [6.07, 6.45) is 4.07. The maximum Gasteiger partial charge on any atom is 0.397 e. The van der Waals surface area contributed by atoms with Crippen LogP contribution in [-0.4, -0.2) is 58.3 Å². The number of piperidine rings is 2. The van der Waals surface area contributed by atoms with Gasteiger partial charge >= 0.3 is 8.60 Å². The molecule has 2 atom stereocenters. The lowest BCUT2D eigenvalue weighted by Gasteiger charge is -2.56. The van der Waals surface area contributed by atoms with Crippen molar-refractivity contribution < 1.29 is 13.6 Å². The SMILES string of the molecule is Cc1cc(C(C)(C)C)c(OP(OC2CCC(C)(C)N(C)C2(C)C)OC2CCC(C)(C)N(C)C2(C)C)c(C(C)(C)C)c1. The predicted molar refractivity (Wildman–Crippen MR) is 176 cm³/mol. The summed E-state index contributed by atoms with van der Waals surface area (Å²) in [7, 11) is 2.78. The van der Waals surface area contributed by atoms with Crippen LogP contribution in [0.5, 0.6) is 5.75 Å². The van der Waals surface area contributed by atoms with Gasteiger partial charge in [-0.15, -0.1) is 0 Å². The van der Waals surface area contributed by atoms with Gasteiger partial charge in [0.1, 0.15) is 5.75 Å². The minimum Gasteiger partial charge on any atom is -0.426 e. The molecule has 0 spiro atoms. The smallest absolute Gasteiger partial charge is 0.397 e. The zero-order valence-electron chi connectivity index (χ0n) is 29.7. The largest absolute Gasteiger partial charge is 0.426 e. The first-order valence-electron chi connectivity index (χ1n) is 15.8. The highest BCUT2D eigenvalue weighted by molar-refractivity contribution is 7.42. The second-order valence-corrected chi connectivity index (χ2v) is 18.4. The Morgan fingerprint density at radius 3 is 1.34 bits per heavy atom. The average Bonchev–Trinajstić information content (AvgIpc) is 2.80. The van der Waals surface area contributed by atoms with E-state index >= 15 is 0 Å². The number of hydrogen-bond acceptors (Lipinski definition) is 5. The van der Waals surface area contributed by atoms with Crippen molar-refractivity contribution in [2.75, 3.05) is 14.1 Å². The Balaban J connectivity index is 2.10. The third-order valence-electron chi connectivity index (χ3n) is 10.6. The molecule has 2 saturated heterocycles. The van der Waals surface area contributed by atoms with Crippen LogP contribution in [0.15, 0.2) is 12.1 Å². The highest BCUT2D eigenvalue weighted by Crippen LogP contribution is 2.54. The van der Waals surface area contributed by atoms with E-state index in [4.69, 9.17) is 13.6 Å². The first kappa shape index (κ1) is 34.8. The van der Waals surface area contributed by atoms with E-state index in [0.717, 1.165) is 31.4 Å². The quantitative estimate of drug-likeness (QED) is 0.308. The van der Waals surface area contributed by atoms with E-state index in [1.54, 1.807) is 0 Å². The summed E-state index contributed by atoms with van der Waals surface area (Å²) in [5, 5.41) is 0. The number of benzene rings is 1. The summed E-state index contributed by atoms with van der Waals surface area (Å²) in [5.41, 5.74) is 3.40. The Bertz CT molecular complexity index is 1000. The molecule has 0 aliphatic carbocycles. The highest BCUT2D eigenvalue weighted by Gasteiger charge is 2.50. The number of aryl methyl sites for hydroxylation is 1. The number of likely N-dealkylation sites (N-methyl/N-ethyl adjacent to an activating group) is 2. The number of likely N-dealkylation sites (tertiary alicyclic amines) is 2. The molecule has 0 aromatic heterocycles. The number of nitrogens with zero attached hydrogens (tertiary/aromatic N) is 2. The summed E-state index contributed by atoms with van der Waals surface area (Å²) in [6.45, 7) is 34.4. The molecule has 0 saturated carbocycles. The molecule has 1 aromatic carbocycles. The fourth-order valence-electron chi connectivity index (χ4n) is 6.70. The van der Waals surface area contributed by atoms with Gasteiger partial charge in [-0.2, -0.15) is 0 Å². The van der Waals surface area contributed by atoms with Gasteiger partial charge in [-0.25, -0.2) is 0 Å². The van der Waals surface area contributed by atoms with Gasteiger partial charge in [0.05, 0.1) is 12.2 Å². The second-order valence-electron chi connectivity index (χ2n) is 17.3. The fraction of sp³-hybridized carbons (Fsp3) is 0.829. The monoisotopic (exact) mass is 590 g/mol. The van der Waals surface area contributed by atoms with E-state index in [-0.39, 0.29) is 45.2 Å². The lowest BCUT2D eigenvalue weighted by Crippen LogP contribution is -2.63. The number of rotatable bonds is 6. The highest BCUT2D eigenvalue weighted by atomic mass is 31.2. The van der Waals surface area contributed by atoms with Crippen molar-refractivity contribution in [1.29, 1.82) is 0 Å². The zero-order valence-corrected chi connectivity index (χ0v) is 30.6. The summed E-state index contributed by atoms with van der Waals surface area (Å²) in [4.78, 5) is 4.96. The van der Waals surface area contributed by atoms with E-state index in [0.29, 0.717) is 0 Å². The summed E-state index contributed by atoms with van der Waals surface area (Å²) in [6, 6.07) is 4.58. The Hall–Kier alpha value is -0.710. The van der Waals surface area contributed by atoms with E-state index in [1.165, 1.54) is 16.7 Å². The van der Waals surface area contributed by atoms with Gasteiger partial charge in [-0.05, 0) is 113 Å². The van der Waals surface area contributed by atoms with Gasteiger partial charge < -0.3 is 4.52 Å². The van der Waals surface area contributed by atoms with Gasteiger partial charge in [0.2, 0.25) is 0 Å². The molecule has 2 heterocycles. The third-order valence-corrected chi connectivity index (χ3v) is 11.8. The molecule has 0 amide bonds. The summed E-state index contributed by atoms with van der Waals surface area (Å²) in [5.74, 6) is 0.936. The van der Waals surface area contributed by atoms with Crippen molar-refractivity contribution in [3.05, 3.63) is 28.8 Å². The molecule has 0 bridgehead atoms. The van der Waals surface area contributed by atoms with Crippen LogP contribution in [0.2, 0.25) is 0 Å². The third kappa shape index (κ3) is 7.17. The molecule has 2 fully saturated rings. The molecule has 41 heavy (non-hydrogen) atoms.